The van der Waals surface area contributed by atoms with Crippen molar-refractivity contribution in [3.05, 3.63) is 55.1 Å². The van der Waals surface area contributed by atoms with Crippen LogP contribution in [0, 0.1) is 5.41 Å². The van der Waals surface area contributed by atoms with Gasteiger partial charge in [-0.15, -0.1) is 0 Å². The van der Waals surface area contributed by atoms with Gasteiger partial charge < -0.3 is 10.3 Å². The van der Waals surface area contributed by atoms with Crippen molar-refractivity contribution in [3.63, 3.8) is 0 Å². The molecule has 1 amide bonds. The first-order chi connectivity index (χ1) is 15.4. The quantitative estimate of drug-likeness (QED) is 0.378. The number of carbonyl (C=O) groups is 1. The van der Waals surface area contributed by atoms with Gasteiger partial charge in [0, 0.05) is 35.2 Å². The molecule has 8 nitrogen and oxygen atoms in total. The lowest BCUT2D eigenvalue weighted by atomic mass is 9.92. The van der Waals surface area contributed by atoms with Gasteiger partial charge in [-0.1, -0.05) is 20.8 Å². The van der Waals surface area contributed by atoms with E-state index in [1.807, 2.05) is 51.1 Å². The van der Waals surface area contributed by atoms with E-state index < -0.39 is 0 Å². The van der Waals surface area contributed by atoms with Crippen LogP contribution in [0.15, 0.2) is 55.1 Å². The monoisotopic (exact) mass is 425 g/mol. The lowest BCUT2D eigenvalue weighted by Gasteiger charge is -2.17. The molecule has 0 bridgehead atoms. The van der Waals surface area contributed by atoms with Gasteiger partial charge in [-0.2, -0.15) is 5.10 Å². The average molecular weight is 425 g/mol. The first-order valence-electron chi connectivity index (χ1n) is 10.4. The van der Waals surface area contributed by atoms with Gasteiger partial charge in [0.1, 0.15) is 11.3 Å². The Hall–Kier alpha value is -4.07. The number of H-pyrrole nitrogens is 2. The fraction of sp³-hybridized carbons (Fsp3) is 0.208. The molecule has 32 heavy (non-hydrogen) atoms. The first-order valence-corrected chi connectivity index (χ1v) is 10.4. The third kappa shape index (κ3) is 3.94. The Morgan fingerprint density at radius 2 is 1.97 bits per heavy atom. The Bertz CT molecular complexity index is 1410. The third-order valence-corrected chi connectivity index (χ3v) is 5.10. The van der Waals surface area contributed by atoms with E-state index in [1.54, 1.807) is 24.8 Å². The van der Waals surface area contributed by atoms with E-state index in [0.717, 1.165) is 44.6 Å². The van der Waals surface area contributed by atoms with Crippen LogP contribution in [0.2, 0.25) is 0 Å². The van der Waals surface area contributed by atoms with Crippen LogP contribution >= 0.6 is 0 Å². The highest BCUT2D eigenvalue weighted by Gasteiger charge is 2.17. The Kier molecular flexibility index (Phi) is 4.70. The van der Waals surface area contributed by atoms with Crippen LogP contribution in [0.3, 0.4) is 0 Å². The van der Waals surface area contributed by atoms with Gasteiger partial charge in [-0.3, -0.25) is 19.9 Å². The number of fused-ring (bicyclic) bond motifs is 2. The van der Waals surface area contributed by atoms with Crippen LogP contribution < -0.4 is 5.32 Å². The zero-order valence-electron chi connectivity index (χ0n) is 18.1. The molecule has 0 unspecified atom stereocenters. The van der Waals surface area contributed by atoms with Crippen molar-refractivity contribution in [2.45, 2.75) is 27.2 Å². The molecule has 5 aromatic rings. The van der Waals surface area contributed by atoms with Crippen molar-refractivity contribution in [1.82, 2.24) is 30.1 Å². The highest BCUT2D eigenvalue weighted by atomic mass is 16.1. The highest BCUT2D eigenvalue weighted by Crippen LogP contribution is 2.30. The van der Waals surface area contributed by atoms with Gasteiger partial charge in [0.2, 0.25) is 5.91 Å². The molecule has 0 aromatic carbocycles. The molecular formula is C24H23N7O. The standard InChI is InChI=1S/C24H23N7O/c1-24(2,3)10-21(32)28-16-7-15(11-25-12-16)18-9-17-20(13-27-18)30-31-22(17)19-8-14-5-4-6-26-23(14)29-19/h4-9,11-13H,10H2,1-3H3,(H,26,29)(H,28,32)(H,30,31). The maximum absolute atomic E-state index is 12.3. The summed E-state index contributed by atoms with van der Waals surface area (Å²) in [5.41, 5.74) is 5.44. The van der Waals surface area contributed by atoms with Crippen molar-refractivity contribution < 1.29 is 4.79 Å². The molecule has 160 valence electrons. The van der Waals surface area contributed by atoms with Crippen molar-refractivity contribution >= 4 is 33.5 Å². The fourth-order valence-electron chi connectivity index (χ4n) is 3.70. The van der Waals surface area contributed by atoms with E-state index >= 15 is 0 Å². The molecule has 0 atom stereocenters. The molecule has 0 aliphatic carbocycles. The normalized spacial score (nSPS) is 11.8. The number of hydrogen-bond acceptors (Lipinski definition) is 5. The minimum atomic E-state index is -0.0858. The van der Waals surface area contributed by atoms with Crippen molar-refractivity contribution in [2.24, 2.45) is 5.41 Å². The summed E-state index contributed by atoms with van der Waals surface area (Å²) in [7, 11) is 0. The SMILES string of the molecule is CC(C)(C)CC(=O)Nc1cncc(-c2cc3c(-c4cc5cccnc5[nH]4)n[nH]c3cn2)c1. The maximum atomic E-state index is 12.3. The van der Waals surface area contributed by atoms with E-state index in [9.17, 15) is 4.79 Å². The Balaban J connectivity index is 1.49. The number of carbonyl (C=O) groups excluding carboxylic acids is 1. The van der Waals surface area contributed by atoms with E-state index in [0.29, 0.717) is 12.1 Å². The Labute approximate surface area is 184 Å². The van der Waals surface area contributed by atoms with Crippen molar-refractivity contribution in [1.29, 1.82) is 0 Å². The van der Waals surface area contributed by atoms with Gasteiger partial charge in [0.25, 0.3) is 0 Å². The van der Waals surface area contributed by atoms with Gasteiger partial charge in [0.15, 0.2) is 0 Å². The average Bonchev–Trinajstić information content (AvgIpc) is 3.35. The molecule has 0 spiro atoms. The fourth-order valence-corrected chi connectivity index (χ4v) is 3.70. The predicted molar refractivity (Wildman–Crippen MR) is 125 cm³/mol. The molecule has 5 rings (SSSR count). The molecule has 3 N–H and O–H groups in total. The van der Waals surface area contributed by atoms with E-state index in [2.05, 4.69) is 35.5 Å². The summed E-state index contributed by atoms with van der Waals surface area (Å²) in [6.07, 6.45) is 7.32. The zero-order valence-corrected chi connectivity index (χ0v) is 18.1. The number of nitrogens with zero attached hydrogens (tertiary/aromatic N) is 4. The number of rotatable bonds is 4. The van der Waals surface area contributed by atoms with E-state index in [-0.39, 0.29) is 11.3 Å². The molecule has 5 aromatic heterocycles. The lowest BCUT2D eigenvalue weighted by molar-refractivity contribution is -0.117. The number of hydrogen-bond donors (Lipinski definition) is 3. The van der Waals surface area contributed by atoms with Crippen LogP contribution in [0.5, 0.6) is 0 Å². The summed E-state index contributed by atoms with van der Waals surface area (Å²) in [6.45, 7) is 6.10. The van der Waals surface area contributed by atoms with Crippen LogP contribution in [0.4, 0.5) is 5.69 Å². The van der Waals surface area contributed by atoms with Crippen LogP contribution in [0.1, 0.15) is 27.2 Å². The number of aromatic amines is 2. The second-order valence-electron chi connectivity index (χ2n) is 9.06. The van der Waals surface area contributed by atoms with Gasteiger partial charge in [0.05, 0.1) is 35.0 Å². The summed E-state index contributed by atoms with van der Waals surface area (Å²) < 4.78 is 0. The molecule has 0 aliphatic heterocycles. The van der Waals surface area contributed by atoms with Crippen LogP contribution in [0.25, 0.3) is 44.6 Å². The van der Waals surface area contributed by atoms with Gasteiger partial charge in [-0.25, -0.2) is 4.98 Å². The number of amides is 1. The summed E-state index contributed by atoms with van der Waals surface area (Å²) in [5.74, 6) is -0.0376. The molecule has 5 heterocycles. The molecule has 0 fully saturated rings. The third-order valence-electron chi connectivity index (χ3n) is 5.10. The molecule has 0 saturated carbocycles. The summed E-state index contributed by atoms with van der Waals surface area (Å²) in [6, 6.07) is 9.81. The van der Waals surface area contributed by atoms with E-state index in [1.165, 1.54) is 0 Å². The van der Waals surface area contributed by atoms with E-state index in [4.69, 9.17) is 0 Å². The molecule has 0 aliphatic rings. The minimum absolute atomic E-state index is 0.0376. The van der Waals surface area contributed by atoms with Crippen molar-refractivity contribution in [2.75, 3.05) is 5.32 Å². The lowest BCUT2D eigenvalue weighted by Crippen LogP contribution is -2.19. The number of nitrogens with one attached hydrogen (secondary N) is 3. The van der Waals surface area contributed by atoms with Crippen molar-refractivity contribution in [3.8, 4) is 22.6 Å². The molecule has 0 saturated heterocycles. The number of anilines is 1. The smallest absolute Gasteiger partial charge is 0.224 e. The Morgan fingerprint density at radius 3 is 2.78 bits per heavy atom. The molecule has 8 heteroatoms. The summed E-state index contributed by atoms with van der Waals surface area (Å²) >= 11 is 0. The minimum Gasteiger partial charge on any atom is -0.338 e. The van der Waals surface area contributed by atoms with Crippen LogP contribution in [-0.2, 0) is 4.79 Å². The second-order valence-corrected chi connectivity index (χ2v) is 9.06. The topological polar surface area (TPSA) is 112 Å². The van der Waals surface area contributed by atoms with Crippen LogP contribution in [-0.4, -0.2) is 36.0 Å². The molecular weight excluding hydrogens is 402 g/mol. The van der Waals surface area contributed by atoms with Gasteiger partial charge >= 0.3 is 0 Å². The number of pyridine rings is 3. The number of aromatic nitrogens is 6. The first kappa shape index (κ1) is 19.9. The predicted octanol–water partition coefficient (Wildman–Crippen LogP) is 4.94. The zero-order chi connectivity index (χ0) is 22.3. The Morgan fingerprint density at radius 1 is 1.09 bits per heavy atom. The largest absolute Gasteiger partial charge is 0.338 e. The maximum Gasteiger partial charge on any atom is 0.224 e. The van der Waals surface area contributed by atoms with Gasteiger partial charge in [-0.05, 0) is 35.7 Å². The molecule has 0 radical (unpaired) electrons. The second kappa shape index (κ2) is 7.56. The highest BCUT2D eigenvalue weighted by molar-refractivity contribution is 5.96. The summed E-state index contributed by atoms with van der Waals surface area (Å²) in [5, 5.41) is 12.4. The summed E-state index contributed by atoms with van der Waals surface area (Å²) in [4.78, 5) is 28.9.